The Morgan fingerprint density at radius 1 is 1.21 bits per heavy atom. The van der Waals surface area contributed by atoms with Crippen LogP contribution in [0.2, 0.25) is 0 Å². The van der Waals surface area contributed by atoms with Crippen LogP contribution in [-0.4, -0.2) is 52.1 Å². The lowest BCUT2D eigenvalue weighted by Crippen LogP contribution is -2.42. The van der Waals surface area contributed by atoms with Gasteiger partial charge in [0.2, 0.25) is 17.6 Å². The summed E-state index contributed by atoms with van der Waals surface area (Å²) in [6.45, 7) is 2.79. The van der Waals surface area contributed by atoms with Crippen molar-refractivity contribution in [2.45, 2.75) is 25.2 Å². The molecule has 1 saturated heterocycles. The molecule has 7 nitrogen and oxygen atoms in total. The lowest BCUT2D eigenvalue weighted by atomic mass is 9.91. The predicted molar refractivity (Wildman–Crippen MR) is 109 cm³/mol. The highest BCUT2D eigenvalue weighted by Crippen LogP contribution is 2.26. The Morgan fingerprint density at radius 2 is 2.10 bits per heavy atom. The quantitative estimate of drug-likeness (QED) is 0.667. The number of nitrogens with one attached hydrogen (secondary N) is 1. The van der Waals surface area contributed by atoms with E-state index in [1.54, 1.807) is 12.4 Å². The summed E-state index contributed by atoms with van der Waals surface area (Å²) in [4.78, 5) is 23.0. The summed E-state index contributed by atoms with van der Waals surface area (Å²) in [5.41, 5.74) is 2.17. The second kappa shape index (κ2) is 9.43. The molecule has 3 heterocycles. The molecule has 1 aromatic carbocycles. The minimum absolute atomic E-state index is 0.0331. The minimum atomic E-state index is 0.0331. The molecule has 1 atom stereocenters. The van der Waals surface area contributed by atoms with E-state index in [2.05, 4.69) is 49.6 Å². The van der Waals surface area contributed by atoms with Gasteiger partial charge in [-0.25, -0.2) is 0 Å². The summed E-state index contributed by atoms with van der Waals surface area (Å²) in [5, 5.41) is 6.93. The summed E-state index contributed by atoms with van der Waals surface area (Å²) in [6.07, 6.45) is 6.19. The molecule has 1 N–H and O–H groups in total. The molecule has 1 amide bonds. The second-order valence-corrected chi connectivity index (χ2v) is 7.34. The Bertz CT molecular complexity index is 913. The molecule has 1 aliphatic heterocycles. The number of pyridine rings is 1. The number of hydrogen-bond donors (Lipinski definition) is 1. The molecule has 0 saturated carbocycles. The third-order valence-electron chi connectivity index (χ3n) is 5.19. The molecular weight excluding hydrogens is 366 g/mol. The van der Waals surface area contributed by atoms with E-state index in [-0.39, 0.29) is 5.91 Å². The van der Waals surface area contributed by atoms with Gasteiger partial charge in [-0.3, -0.25) is 14.7 Å². The number of benzene rings is 1. The first-order valence-corrected chi connectivity index (χ1v) is 10.0. The van der Waals surface area contributed by atoms with Crippen LogP contribution in [0, 0.1) is 0 Å². The number of rotatable bonds is 7. The van der Waals surface area contributed by atoms with Gasteiger partial charge in [0.1, 0.15) is 0 Å². The summed E-state index contributed by atoms with van der Waals surface area (Å²) in [5.74, 6) is 1.55. The van der Waals surface area contributed by atoms with Crippen LogP contribution in [0.15, 0.2) is 59.4 Å². The number of likely N-dealkylation sites (tertiary alicyclic amines) is 1. The first kappa shape index (κ1) is 19.3. The molecule has 1 fully saturated rings. The fourth-order valence-corrected chi connectivity index (χ4v) is 3.73. The molecule has 0 bridgehead atoms. The molecule has 0 unspecified atom stereocenters. The maximum Gasteiger partial charge on any atom is 0.234 e. The first-order chi connectivity index (χ1) is 14.3. The Morgan fingerprint density at radius 3 is 2.93 bits per heavy atom. The van der Waals surface area contributed by atoms with Gasteiger partial charge in [-0.05, 0) is 43.0 Å². The molecule has 0 spiro atoms. The Balaban J connectivity index is 1.22. The van der Waals surface area contributed by atoms with Gasteiger partial charge in [0.15, 0.2) is 0 Å². The van der Waals surface area contributed by atoms with Gasteiger partial charge in [-0.15, -0.1) is 0 Å². The molecule has 7 heteroatoms. The van der Waals surface area contributed by atoms with Crippen molar-refractivity contribution in [2.75, 3.05) is 26.2 Å². The van der Waals surface area contributed by atoms with Crippen molar-refractivity contribution in [2.24, 2.45) is 0 Å². The highest BCUT2D eigenvalue weighted by Gasteiger charge is 2.22. The first-order valence-electron chi connectivity index (χ1n) is 10.0. The van der Waals surface area contributed by atoms with E-state index in [0.29, 0.717) is 37.1 Å². The van der Waals surface area contributed by atoms with Crippen molar-refractivity contribution in [3.8, 4) is 11.4 Å². The molecular formula is C22H25N5O2. The number of nitrogens with zero attached hydrogens (tertiary/aromatic N) is 4. The van der Waals surface area contributed by atoms with Crippen LogP contribution in [0.25, 0.3) is 11.4 Å². The SMILES string of the molecule is O=C(CN1CCC[C@H](c2ccccc2)C1)NCCc1nc(-c2cccnc2)no1. The maximum atomic E-state index is 12.3. The van der Waals surface area contributed by atoms with E-state index in [9.17, 15) is 4.79 Å². The predicted octanol–water partition coefficient (Wildman–Crippen LogP) is 2.67. The van der Waals surface area contributed by atoms with Gasteiger partial charge >= 0.3 is 0 Å². The molecule has 0 aliphatic carbocycles. The third-order valence-corrected chi connectivity index (χ3v) is 5.19. The smallest absolute Gasteiger partial charge is 0.234 e. The molecule has 2 aromatic heterocycles. The van der Waals surface area contributed by atoms with Crippen molar-refractivity contribution < 1.29 is 9.32 Å². The fourth-order valence-electron chi connectivity index (χ4n) is 3.73. The molecule has 0 radical (unpaired) electrons. The van der Waals surface area contributed by atoms with E-state index < -0.39 is 0 Å². The Hall–Kier alpha value is -3.06. The van der Waals surface area contributed by atoms with E-state index in [1.807, 2.05) is 18.2 Å². The molecule has 1 aliphatic rings. The van der Waals surface area contributed by atoms with E-state index in [0.717, 1.165) is 25.1 Å². The second-order valence-electron chi connectivity index (χ2n) is 7.34. The summed E-state index contributed by atoms with van der Waals surface area (Å²) in [7, 11) is 0. The highest BCUT2D eigenvalue weighted by atomic mass is 16.5. The average molecular weight is 391 g/mol. The van der Waals surface area contributed by atoms with Gasteiger partial charge < -0.3 is 9.84 Å². The van der Waals surface area contributed by atoms with Crippen molar-refractivity contribution >= 4 is 5.91 Å². The van der Waals surface area contributed by atoms with Gasteiger partial charge in [-0.2, -0.15) is 4.98 Å². The van der Waals surface area contributed by atoms with Gasteiger partial charge in [0.25, 0.3) is 0 Å². The largest absolute Gasteiger partial charge is 0.354 e. The van der Waals surface area contributed by atoms with E-state index >= 15 is 0 Å². The van der Waals surface area contributed by atoms with Crippen LogP contribution < -0.4 is 5.32 Å². The van der Waals surface area contributed by atoms with Crippen LogP contribution in [-0.2, 0) is 11.2 Å². The van der Waals surface area contributed by atoms with Crippen LogP contribution in [0.3, 0.4) is 0 Å². The van der Waals surface area contributed by atoms with Gasteiger partial charge in [0, 0.05) is 37.5 Å². The Labute approximate surface area is 170 Å². The number of aromatic nitrogens is 3. The monoisotopic (exact) mass is 391 g/mol. The topological polar surface area (TPSA) is 84.2 Å². The summed E-state index contributed by atoms with van der Waals surface area (Å²) in [6, 6.07) is 14.3. The van der Waals surface area contributed by atoms with Crippen molar-refractivity contribution in [1.82, 2.24) is 25.3 Å². The van der Waals surface area contributed by atoms with Crippen LogP contribution >= 0.6 is 0 Å². The van der Waals surface area contributed by atoms with E-state index in [4.69, 9.17) is 4.52 Å². The molecule has 150 valence electrons. The van der Waals surface area contributed by atoms with Gasteiger partial charge in [-0.1, -0.05) is 35.5 Å². The zero-order valence-corrected chi connectivity index (χ0v) is 16.3. The third kappa shape index (κ3) is 5.26. The van der Waals surface area contributed by atoms with Crippen molar-refractivity contribution in [1.29, 1.82) is 0 Å². The summed E-state index contributed by atoms with van der Waals surface area (Å²) >= 11 is 0. The Kier molecular flexibility index (Phi) is 6.26. The zero-order valence-electron chi connectivity index (χ0n) is 16.3. The van der Waals surface area contributed by atoms with Gasteiger partial charge in [0.05, 0.1) is 6.54 Å². The highest BCUT2D eigenvalue weighted by molar-refractivity contribution is 5.78. The molecule has 29 heavy (non-hydrogen) atoms. The zero-order chi connectivity index (χ0) is 19.9. The fraction of sp³-hybridized carbons (Fsp3) is 0.364. The number of piperidine rings is 1. The number of hydrogen-bond acceptors (Lipinski definition) is 6. The number of carbonyl (C=O) groups is 1. The minimum Gasteiger partial charge on any atom is -0.354 e. The normalized spacial score (nSPS) is 17.2. The standard InChI is InChI=1S/C22H25N5O2/c28-20(16-27-13-5-9-19(15-27)17-6-2-1-3-7-17)24-12-10-21-25-22(26-29-21)18-8-4-11-23-14-18/h1-4,6-8,11,14,19H,5,9-10,12-13,15-16H2,(H,24,28)/t19-/m0/s1. The van der Waals surface area contributed by atoms with Crippen molar-refractivity contribution in [3.63, 3.8) is 0 Å². The van der Waals surface area contributed by atoms with E-state index in [1.165, 1.54) is 12.0 Å². The number of carbonyl (C=O) groups excluding carboxylic acids is 1. The lowest BCUT2D eigenvalue weighted by Gasteiger charge is -2.32. The average Bonchev–Trinajstić information content (AvgIpc) is 3.24. The maximum absolute atomic E-state index is 12.3. The molecule has 4 rings (SSSR count). The number of amides is 1. The summed E-state index contributed by atoms with van der Waals surface area (Å²) < 4.78 is 5.26. The lowest BCUT2D eigenvalue weighted by molar-refractivity contribution is -0.122. The van der Waals surface area contributed by atoms with Crippen LogP contribution in [0.1, 0.15) is 30.2 Å². The van der Waals surface area contributed by atoms with Crippen LogP contribution in [0.4, 0.5) is 0 Å². The molecule has 3 aromatic rings. The van der Waals surface area contributed by atoms with Crippen LogP contribution in [0.5, 0.6) is 0 Å². The van der Waals surface area contributed by atoms with Crippen molar-refractivity contribution in [3.05, 3.63) is 66.3 Å².